The average molecular weight is 286 g/mol. The molecular formula is C13H13F3N2O2. The number of carboxylic acid groups (broad SMARTS) is 1. The monoisotopic (exact) mass is 286 g/mol. The molecule has 108 valence electrons. The second-order valence-electron chi connectivity index (χ2n) is 3.90. The molecule has 0 aliphatic carbocycles. The molecule has 2 N–H and O–H groups in total. The van der Waals surface area contributed by atoms with Gasteiger partial charge in [-0.15, -0.1) is 0 Å². The molecule has 1 aromatic heterocycles. The molecule has 1 heterocycles. The van der Waals surface area contributed by atoms with E-state index in [1.807, 2.05) is 0 Å². The summed E-state index contributed by atoms with van der Waals surface area (Å²) in [5.41, 5.74) is -0.808. The normalized spacial score (nSPS) is 13.2. The topological polar surface area (TPSA) is 62.2 Å². The van der Waals surface area contributed by atoms with Crippen LogP contribution in [-0.2, 0) is 0 Å². The maximum absolute atomic E-state index is 12.5. The van der Waals surface area contributed by atoms with Crippen molar-refractivity contribution in [3.8, 4) is 0 Å². The fourth-order valence-corrected chi connectivity index (χ4v) is 1.32. The van der Waals surface area contributed by atoms with Gasteiger partial charge >= 0.3 is 12.1 Å². The Labute approximate surface area is 113 Å². The molecule has 0 radical (unpaired) electrons. The smallest absolute Gasteiger partial charge is 0.412 e. The van der Waals surface area contributed by atoms with Crippen molar-refractivity contribution >= 4 is 11.8 Å². The van der Waals surface area contributed by atoms with E-state index in [2.05, 4.69) is 10.3 Å². The van der Waals surface area contributed by atoms with Crippen LogP contribution in [0.3, 0.4) is 0 Å². The molecule has 0 saturated carbocycles. The molecule has 0 spiro atoms. The van der Waals surface area contributed by atoms with E-state index in [9.17, 15) is 18.0 Å². The first-order valence-electron chi connectivity index (χ1n) is 5.63. The maximum Gasteiger partial charge on any atom is 0.412 e. The van der Waals surface area contributed by atoms with Crippen LogP contribution in [-0.4, -0.2) is 22.2 Å². The number of carbonyl (C=O) groups is 1. The van der Waals surface area contributed by atoms with Crippen molar-refractivity contribution in [3.63, 3.8) is 0 Å². The predicted molar refractivity (Wildman–Crippen MR) is 68.4 cm³/mol. The summed E-state index contributed by atoms with van der Waals surface area (Å²) in [7, 11) is 0. The Morgan fingerprint density at radius 1 is 1.45 bits per heavy atom. The van der Waals surface area contributed by atoms with Gasteiger partial charge in [0.15, 0.2) is 0 Å². The summed E-state index contributed by atoms with van der Waals surface area (Å²) in [6, 6.07) is 2.74. The molecule has 7 heteroatoms. The number of anilines is 1. The Kier molecular flexibility index (Phi) is 4.90. The van der Waals surface area contributed by atoms with Gasteiger partial charge < -0.3 is 10.4 Å². The Bertz CT molecular complexity index is 563. The maximum atomic E-state index is 12.5. The number of alkyl halides is 3. The first-order valence-corrected chi connectivity index (χ1v) is 5.63. The summed E-state index contributed by atoms with van der Waals surface area (Å²) < 4.78 is 37.4. The number of aromatic carboxylic acids is 1. The van der Waals surface area contributed by atoms with Gasteiger partial charge in [-0.3, -0.25) is 0 Å². The molecule has 0 aromatic carbocycles. The van der Waals surface area contributed by atoms with Crippen molar-refractivity contribution < 1.29 is 23.1 Å². The highest BCUT2D eigenvalue weighted by atomic mass is 19.4. The van der Waals surface area contributed by atoms with Crippen LogP contribution >= 0.6 is 0 Å². The van der Waals surface area contributed by atoms with E-state index in [0.717, 1.165) is 13.0 Å². The fraction of sp³-hybridized carbons (Fsp3) is 0.231. The number of carboxylic acids is 1. The van der Waals surface area contributed by atoms with Crippen LogP contribution in [0, 0.1) is 0 Å². The minimum atomic E-state index is -4.43. The first-order chi connectivity index (χ1) is 9.25. The molecule has 0 amide bonds. The van der Waals surface area contributed by atoms with Gasteiger partial charge in [0.05, 0.1) is 0 Å². The highest BCUT2D eigenvalue weighted by molar-refractivity contribution is 5.93. The van der Waals surface area contributed by atoms with Crippen molar-refractivity contribution in [1.29, 1.82) is 0 Å². The van der Waals surface area contributed by atoms with Crippen LogP contribution in [0.15, 0.2) is 41.8 Å². The largest absolute Gasteiger partial charge is 0.478 e. The third kappa shape index (κ3) is 4.11. The van der Waals surface area contributed by atoms with E-state index in [-0.39, 0.29) is 17.1 Å². The van der Waals surface area contributed by atoms with Crippen LogP contribution in [0.1, 0.15) is 24.2 Å². The molecule has 0 aliphatic rings. The Morgan fingerprint density at radius 2 is 2.10 bits per heavy atom. The molecule has 0 aliphatic heterocycles. The van der Waals surface area contributed by atoms with Crippen LogP contribution in [0.2, 0.25) is 0 Å². The number of pyridine rings is 1. The van der Waals surface area contributed by atoms with Crippen LogP contribution in [0.5, 0.6) is 0 Å². The standard InChI is InChI=1S/C13H13F3N2O2/c1-3-9(7-8(2)13(14,15)16)18-11-10(12(19)20)5-4-6-17-11/h3-7H,1-2H3,(H,17,18)(H,19,20)/b8-7+,9-3+. The second-order valence-corrected chi connectivity index (χ2v) is 3.90. The molecule has 4 nitrogen and oxygen atoms in total. The number of hydrogen-bond donors (Lipinski definition) is 2. The van der Waals surface area contributed by atoms with Crippen LogP contribution < -0.4 is 5.32 Å². The van der Waals surface area contributed by atoms with Gasteiger partial charge in [0, 0.05) is 17.5 Å². The number of hydrogen-bond acceptors (Lipinski definition) is 3. The second kappa shape index (κ2) is 6.23. The summed E-state index contributed by atoms with van der Waals surface area (Å²) in [6.45, 7) is 2.47. The minimum Gasteiger partial charge on any atom is -0.478 e. The Hall–Kier alpha value is -2.31. The lowest BCUT2D eigenvalue weighted by Gasteiger charge is -2.11. The van der Waals surface area contributed by atoms with Gasteiger partial charge in [-0.1, -0.05) is 6.08 Å². The summed E-state index contributed by atoms with van der Waals surface area (Å²) in [6.07, 6.45) is -0.798. The molecule has 0 fully saturated rings. The van der Waals surface area contributed by atoms with Crippen LogP contribution in [0.25, 0.3) is 0 Å². The molecule has 0 unspecified atom stereocenters. The van der Waals surface area contributed by atoms with E-state index < -0.39 is 17.7 Å². The number of nitrogens with one attached hydrogen (secondary N) is 1. The summed E-state index contributed by atoms with van der Waals surface area (Å²) >= 11 is 0. The molecule has 1 aromatic rings. The van der Waals surface area contributed by atoms with E-state index in [4.69, 9.17) is 5.11 Å². The lowest BCUT2D eigenvalue weighted by Crippen LogP contribution is -2.11. The van der Waals surface area contributed by atoms with Crippen molar-refractivity contribution in [2.75, 3.05) is 5.32 Å². The third-order valence-electron chi connectivity index (χ3n) is 2.43. The molecule has 0 saturated heterocycles. The zero-order valence-corrected chi connectivity index (χ0v) is 10.8. The highest BCUT2D eigenvalue weighted by Gasteiger charge is 2.30. The van der Waals surface area contributed by atoms with Crippen molar-refractivity contribution in [1.82, 2.24) is 4.98 Å². The lowest BCUT2D eigenvalue weighted by molar-refractivity contribution is -0.0913. The summed E-state index contributed by atoms with van der Waals surface area (Å²) in [4.78, 5) is 14.8. The average Bonchev–Trinajstić information content (AvgIpc) is 2.37. The van der Waals surface area contributed by atoms with Gasteiger partial charge in [0.2, 0.25) is 0 Å². The fourth-order valence-electron chi connectivity index (χ4n) is 1.32. The van der Waals surface area contributed by atoms with E-state index in [1.54, 1.807) is 0 Å². The number of allylic oxidation sites excluding steroid dienone is 3. The summed E-state index contributed by atoms with van der Waals surface area (Å²) in [5, 5.41) is 11.5. The van der Waals surface area contributed by atoms with Gasteiger partial charge in [0.1, 0.15) is 11.4 Å². The van der Waals surface area contributed by atoms with E-state index in [1.165, 1.54) is 31.3 Å². The van der Waals surface area contributed by atoms with Gasteiger partial charge in [0.25, 0.3) is 0 Å². The molecular weight excluding hydrogens is 273 g/mol. The van der Waals surface area contributed by atoms with Crippen molar-refractivity contribution in [2.45, 2.75) is 20.0 Å². The predicted octanol–water partition coefficient (Wildman–Crippen LogP) is 3.60. The Morgan fingerprint density at radius 3 is 2.60 bits per heavy atom. The van der Waals surface area contributed by atoms with Crippen LogP contribution in [0.4, 0.5) is 19.0 Å². The molecule has 20 heavy (non-hydrogen) atoms. The molecule has 0 atom stereocenters. The third-order valence-corrected chi connectivity index (χ3v) is 2.43. The number of nitrogens with zero attached hydrogens (tertiary/aromatic N) is 1. The highest BCUT2D eigenvalue weighted by Crippen LogP contribution is 2.26. The minimum absolute atomic E-state index is 0.0145. The van der Waals surface area contributed by atoms with E-state index in [0.29, 0.717) is 0 Å². The van der Waals surface area contributed by atoms with Crippen molar-refractivity contribution in [3.05, 3.63) is 47.3 Å². The number of aromatic nitrogens is 1. The lowest BCUT2D eigenvalue weighted by atomic mass is 10.2. The molecule has 1 rings (SSSR count). The quantitative estimate of drug-likeness (QED) is 0.830. The van der Waals surface area contributed by atoms with Gasteiger partial charge in [-0.05, 0) is 32.1 Å². The van der Waals surface area contributed by atoms with Gasteiger partial charge in [-0.2, -0.15) is 13.2 Å². The zero-order chi connectivity index (χ0) is 15.3. The number of halogens is 3. The van der Waals surface area contributed by atoms with Crippen molar-refractivity contribution in [2.24, 2.45) is 0 Å². The van der Waals surface area contributed by atoms with E-state index >= 15 is 0 Å². The first kappa shape index (κ1) is 15.7. The SMILES string of the molecule is C/C=C(\C=C(/C)C(F)(F)F)Nc1ncccc1C(=O)O. The zero-order valence-electron chi connectivity index (χ0n) is 10.8. The van der Waals surface area contributed by atoms with Gasteiger partial charge in [-0.25, -0.2) is 9.78 Å². The molecule has 0 bridgehead atoms. The Balaban J connectivity index is 3.06. The number of rotatable bonds is 4. The summed E-state index contributed by atoms with van der Waals surface area (Å²) in [5.74, 6) is -1.23.